The summed E-state index contributed by atoms with van der Waals surface area (Å²) in [5, 5.41) is 2.98. The van der Waals surface area contributed by atoms with Crippen molar-refractivity contribution < 1.29 is 4.79 Å². The average Bonchev–Trinajstić information content (AvgIpc) is 2.02. The van der Waals surface area contributed by atoms with E-state index in [1.165, 1.54) is 0 Å². The molecule has 0 heterocycles. The molecule has 0 aromatic heterocycles. The summed E-state index contributed by atoms with van der Waals surface area (Å²) in [5.74, 6) is 0.255. The van der Waals surface area contributed by atoms with Crippen LogP contribution < -0.4 is 5.32 Å². The predicted octanol–water partition coefficient (Wildman–Crippen LogP) is 2.17. The molecule has 0 aliphatic heterocycles. The van der Waals surface area contributed by atoms with Gasteiger partial charge in [-0.2, -0.15) is 0 Å². The maximum Gasteiger partial charge on any atom is 0.222 e. The van der Waals surface area contributed by atoms with Crippen molar-refractivity contribution in [2.45, 2.75) is 39.0 Å². The van der Waals surface area contributed by atoms with E-state index in [0.29, 0.717) is 6.54 Å². The fraction of sp³-hybridized carbons (Fsp3) is 0.889. The van der Waals surface area contributed by atoms with E-state index in [-0.39, 0.29) is 17.2 Å². The Labute approximate surface area is 79.7 Å². The summed E-state index contributed by atoms with van der Waals surface area (Å²) < 4.78 is 0. The molecule has 0 radical (unpaired) electrons. The maximum absolute atomic E-state index is 11.2. The van der Waals surface area contributed by atoms with Crippen LogP contribution in [0.2, 0.25) is 0 Å². The number of carbonyl (C=O) groups is 1. The van der Waals surface area contributed by atoms with Gasteiger partial charge in [-0.15, -0.1) is 11.6 Å². The Morgan fingerprint density at radius 2 is 2.08 bits per heavy atom. The number of hydrogen-bond acceptors (Lipinski definition) is 1. The standard InChI is InChI=1S/C9H18ClNO/c1-4-7(2)9(12)11-6-5-8(3)10/h7-8H,4-6H2,1-3H3,(H,11,12). The van der Waals surface area contributed by atoms with E-state index in [4.69, 9.17) is 11.6 Å². The second kappa shape index (κ2) is 6.30. The number of alkyl halides is 1. The van der Waals surface area contributed by atoms with Crippen LogP contribution >= 0.6 is 11.6 Å². The third kappa shape index (κ3) is 5.42. The van der Waals surface area contributed by atoms with Gasteiger partial charge in [-0.05, 0) is 19.8 Å². The van der Waals surface area contributed by atoms with Crippen molar-refractivity contribution in [1.82, 2.24) is 5.32 Å². The molecular formula is C9H18ClNO. The highest BCUT2D eigenvalue weighted by atomic mass is 35.5. The summed E-state index contributed by atoms with van der Waals surface area (Å²) in [6.07, 6.45) is 1.73. The largest absolute Gasteiger partial charge is 0.356 e. The molecular weight excluding hydrogens is 174 g/mol. The van der Waals surface area contributed by atoms with Crippen LogP contribution in [-0.4, -0.2) is 17.8 Å². The Morgan fingerprint density at radius 3 is 2.50 bits per heavy atom. The molecule has 2 atom stereocenters. The Morgan fingerprint density at radius 1 is 1.50 bits per heavy atom. The van der Waals surface area contributed by atoms with E-state index in [1.54, 1.807) is 0 Å². The smallest absolute Gasteiger partial charge is 0.222 e. The molecule has 0 saturated carbocycles. The molecule has 0 aromatic rings. The summed E-state index contributed by atoms with van der Waals surface area (Å²) in [5.41, 5.74) is 0. The first-order valence-corrected chi connectivity index (χ1v) is 4.93. The number of nitrogens with one attached hydrogen (secondary N) is 1. The van der Waals surface area contributed by atoms with Crippen LogP contribution in [0.1, 0.15) is 33.6 Å². The summed E-state index contributed by atoms with van der Waals surface area (Å²) >= 11 is 5.72. The lowest BCUT2D eigenvalue weighted by atomic mass is 10.1. The minimum atomic E-state index is 0.121. The quantitative estimate of drug-likeness (QED) is 0.664. The van der Waals surface area contributed by atoms with E-state index >= 15 is 0 Å². The predicted molar refractivity (Wildman–Crippen MR) is 52.4 cm³/mol. The van der Waals surface area contributed by atoms with Crippen molar-refractivity contribution in [2.75, 3.05) is 6.54 Å². The van der Waals surface area contributed by atoms with Gasteiger partial charge in [-0.25, -0.2) is 0 Å². The van der Waals surface area contributed by atoms with Gasteiger partial charge in [0.25, 0.3) is 0 Å². The van der Waals surface area contributed by atoms with Gasteiger partial charge in [0.1, 0.15) is 0 Å². The van der Waals surface area contributed by atoms with E-state index < -0.39 is 0 Å². The molecule has 72 valence electrons. The van der Waals surface area contributed by atoms with E-state index in [1.807, 2.05) is 20.8 Å². The third-order valence-electron chi connectivity index (χ3n) is 1.90. The Hall–Kier alpha value is -0.240. The second-order valence-electron chi connectivity index (χ2n) is 3.17. The molecule has 1 amide bonds. The minimum Gasteiger partial charge on any atom is -0.356 e. The molecule has 1 N–H and O–H groups in total. The van der Waals surface area contributed by atoms with Gasteiger partial charge >= 0.3 is 0 Å². The monoisotopic (exact) mass is 191 g/mol. The minimum absolute atomic E-state index is 0.121. The first kappa shape index (κ1) is 11.8. The lowest BCUT2D eigenvalue weighted by molar-refractivity contribution is -0.124. The molecule has 2 nitrogen and oxygen atoms in total. The first-order valence-electron chi connectivity index (χ1n) is 4.49. The van der Waals surface area contributed by atoms with Gasteiger partial charge in [-0.1, -0.05) is 13.8 Å². The van der Waals surface area contributed by atoms with Crippen LogP contribution in [0.3, 0.4) is 0 Å². The highest BCUT2D eigenvalue weighted by Gasteiger charge is 2.09. The Balaban J connectivity index is 3.44. The molecule has 0 bridgehead atoms. The molecule has 0 aliphatic rings. The van der Waals surface area contributed by atoms with Gasteiger partial charge in [0.05, 0.1) is 0 Å². The van der Waals surface area contributed by atoms with Crippen molar-refractivity contribution >= 4 is 17.5 Å². The highest BCUT2D eigenvalue weighted by molar-refractivity contribution is 6.20. The van der Waals surface area contributed by atoms with Crippen LogP contribution in [0.5, 0.6) is 0 Å². The first-order chi connectivity index (χ1) is 5.57. The lowest BCUT2D eigenvalue weighted by Crippen LogP contribution is -2.30. The van der Waals surface area contributed by atoms with E-state index in [9.17, 15) is 4.79 Å². The van der Waals surface area contributed by atoms with Crippen LogP contribution in [0.4, 0.5) is 0 Å². The molecule has 0 saturated heterocycles. The van der Waals surface area contributed by atoms with Crippen LogP contribution in [0.25, 0.3) is 0 Å². The van der Waals surface area contributed by atoms with E-state index in [2.05, 4.69) is 5.32 Å². The lowest BCUT2D eigenvalue weighted by Gasteiger charge is -2.10. The average molecular weight is 192 g/mol. The Kier molecular flexibility index (Phi) is 6.17. The molecule has 3 heteroatoms. The zero-order valence-corrected chi connectivity index (χ0v) is 8.82. The van der Waals surface area contributed by atoms with Crippen molar-refractivity contribution in [1.29, 1.82) is 0 Å². The van der Waals surface area contributed by atoms with Crippen LogP contribution in [0, 0.1) is 5.92 Å². The summed E-state index contributed by atoms with van der Waals surface area (Å²) in [4.78, 5) is 11.2. The number of hydrogen-bond donors (Lipinski definition) is 1. The summed E-state index contributed by atoms with van der Waals surface area (Å²) in [7, 11) is 0. The van der Waals surface area contributed by atoms with Gasteiger partial charge in [0, 0.05) is 17.8 Å². The molecule has 0 aromatic carbocycles. The molecule has 12 heavy (non-hydrogen) atoms. The number of carbonyl (C=O) groups excluding carboxylic acids is 1. The van der Waals surface area contributed by atoms with Gasteiger partial charge in [0.2, 0.25) is 5.91 Å². The van der Waals surface area contributed by atoms with Crippen molar-refractivity contribution in [3.8, 4) is 0 Å². The normalized spacial score (nSPS) is 15.3. The molecule has 0 rings (SSSR count). The topological polar surface area (TPSA) is 29.1 Å². The molecule has 0 fully saturated rings. The fourth-order valence-corrected chi connectivity index (χ4v) is 0.863. The molecule has 0 spiro atoms. The van der Waals surface area contributed by atoms with Crippen molar-refractivity contribution in [2.24, 2.45) is 5.92 Å². The maximum atomic E-state index is 11.2. The van der Waals surface area contributed by atoms with E-state index in [0.717, 1.165) is 12.8 Å². The fourth-order valence-electron chi connectivity index (χ4n) is 0.754. The van der Waals surface area contributed by atoms with Crippen molar-refractivity contribution in [3.05, 3.63) is 0 Å². The number of halogens is 1. The van der Waals surface area contributed by atoms with Crippen LogP contribution in [-0.2, 0) is 4.79 Å². The number of amides is 1. The molecule has 2 unspecified atom stereocenters. The second-order valence-corrected chi connectivity index (χ2v) is 3.91. The van der Waals surface area contributed by atoms with Gasteiger partial charge < -0.3 is 5.32 Å². The zero-order valence-electron chi connectivity index (χ0n) is 8.06. The SMILES string of the molecule is CCC(C)C(=O)NCCC(C)Cl. The number of rotatable bonds is 5. The van der Waals surface area contributed by atoms with Crippen LogP contribution in [0.15, 0.2) is 0 Å². The highest BCUT2D eigenvalue weighted by Crippen LogP contribution is 2.01. The molecule has 0 aliphatic carbocycles. The van der Waals surface area contributed by atoms with Crippen molar-refractivity contribution in [3.63, 3.8) is 0 Å². The summed E-state index contributed by atoms with van der Waals surface area (Å²) in [6.45, 7) is 6.55. The van der Waals surface area contributed by atoms with Gasteiger partial charge in [-0.3, -0.25) is 4.79 Å². The summed E-state index contributed by atoms with van der Waals surface area (Å²) in [6, 6.07) is 0. The Bertz CT molecular complexity index is 136. The van der Waals surface area contributed by atoms with Gasteiger partial charge in [0.15, 0.2) is 0 Å². The third-order valence-corrected chi connectivity index (χ3v) is 2.12. The zero-order chi connectivity index (χ0) is 9.56.